The van der Waals surface area contributed by atoms with Crippen molar-refractivity contribution >= 4 is 43.5 Å². The first kappa shape index (κ1) is 21.3. The maximum absolute atomic E-state index is 14.2. The SMILES string of the molecule is COc1ccc(Br)cc1S(=O)(=O)NC(=O)c1cn(C)c(-c2c(F)cccc2Cl)n1. The second-order valence-electron chi connectivity index (χ2n) is 5.89. The van der Waals surface area contributed by atoms with Gasteiger partial charge in [-0.3, -0.25) is 4.79 Å². The highest BCUT2D eigenvalue weighted by molar-refractivity contribution is 9.10. The van der Waals surface area contributed by atoms with Crippen LogP contribution < -0.4 is 9.46 Å². The normalized spacial score (nSPS) is 11.3. The highest BCUT2D eigenvalue weighted by Crippen LogP contribution is 2.30. The average Bonchev–Trinajstić information content (AvgIpc) is 3.03. The van der Waals surface area contributed by atoms with Gasteiger partial charge in [-0.05, 0) is 30.3 Å². The largest absolute Gasteiger partial charge is 0.495 e. The standard InChI is InChI=1S/C18H14BrClFN3O4S/c1-24-9-13(22-17(24)16-11(20)4-3-5-12(16)21)18(25)23-29(26,27)15-8-10(19)6-7-14(15)28-2/h3-9H,1-2H3,(H,23,25). The van der Waals surface area contributed by atoms with Crippen molar-refractivity contribution in [2.75, 3.05) is 7.11 Å². The van der Waals surface area contributed by atoms with Crippen molar-refractivity contribution in [3.63, 3.8) is 0 Å². The van der Waals surface area contributed by atoms with Gasteiger partial charge in [0, 0.05) is 17.7 Å². The van der Waals surface area contributed by atoms with E-state index in [-0.39, 0.29) is 32.7 Å². The molecular weight excluding hydrogens is 489 g/mol. The monoisotopic (exact) mass is 501 g/mol. The lowest BCUT2D eigenvalue weighted by Crippen LogP contribution is -2.31. The number of hydrogen-bond acceptors (Lipinski definition) is 5. The van der Waals surface area contributed by atoms with Crippen molar-refractivity contribution in [2.24, 2.45) is 7.05 Å². The van der Waals surface area contributed by atoms with Gasteiger partial charge in [-0.1, -0.05) is 33.6 Å². The van der Waals surface area contributed by atoms with Crippen LogP contribution in [0.3, 0.4) is 0 Å². The molecule has 0 spiro atoms. The van der Waals surface area contributed by atoms with E-state index in [1.807, 2.05) is 4.72 Å². The summed E-state index contributed by atoms with van der Waals surface area (Å²) in [7, 11) is -1.41. The molecule has 29 heavy (non-hydrogen) atoms. The molecule has 2 aromatic carbocycles. The number of methoxy groups -OCH3 is 1. The number of hydrogen-bond donors (Lipinski definition) is 1. The summed E-state index contributed by atoms with van der Waals surface area (Å²) < 4.78 is 48.4. The van der Waals surface area contributed by atoms with Crippen molar-refractivity contribution in [1.29, 1.82) is 0 Å². The molecule has 0 aliphatic rings. The van der Waals surface area contributed by atoms with Crippen LogP contribution in [0.5, 0.6) is 5.75 Å². The molecule has 0 atom stereocenters. The highest BCUT2D eigenvalue weighted by Gasteiger charge is 2.26. The number of imidazole rings is 1. The van der Waals surface area contributed by atoms with Gasteiger partial charge in [-0.2, -0.15) is 0 Å². The van der Waals surface area contributed by atoms with Gasteiger partial charge in [0.25, 0.3) is 15.9 Å². The predicted molar refractivity (Wildman–Crippen MR) is 109 cm³/mol. The summed E-state index contributed by atoms with van der Waals surface area (Å²) in [5, 5.41) is 0.108. The number of sulfonamides is 1. The zero-order chi connectivity index (χ0) is 21.3. The summed E-state index contributed by atoms with van der Waals surface area (Å²) in [5.41, 5.74) is -0.216. The van der Waals surface area contributed by atoms with Crippen LogP contribution in [0, 0.1) is 5.82 Å². The molecule has 0 saturated carbocycles. The van der Waals surface area contributed by atoms with Crippen LogP contribution in [0.2, 0.25) is 5.02 Å². The van der Waals surface area contributed by atoms with Crippen molar-refractivity contribution in [1.82, 2.24) is 14.3 Å². The van der Waals surface area contributed by atoms with Crippen LogP contribution in [0.25, 0.3) is 11.4 Å². The van der Waals surface area contributed by atoms with Crippen LogP contribution in [0.1, 0.15) is 10.5 Å². The summed E-state index contributed by atoms with van der Waals surface area (Å²) in [6.45, 7) is 0. The summed E-state index contributed by atoms with van der Waals surface area (Å²) in [6, 6.07) is 8.48. The van der Waals surface area contributed by atoms with E-state index in [0.717, 1.165) is 0 Å². The highest BCUT2D eigenvalue weighted by atomic mass is 79.9. The lowest BCUT2D eigenvalue weighted by Gasteiger charge is -2.10. The molecule has 0 fully saturated rings. The smallest absolute Gasteiger partial charge is 0.285 e. The summed E-state index contributed by atoms with van der Waals surface area (Å²) >= 11 is 9.24. The van der Waals surface area contributed by atoms with Gasteiger partial charge >= 0.3 is 0 Å². The second-order valence-corrected chi connectivity index (χ2v) is 8.86. The van der Waals surface area contributed by atoms with Gasteiger partial charge in [0.2, 0.25) is 0 Å². The molecule has 0 saturated heterocycles. The minimum atomic E-state index is -4.26. The van der Waals surface area contributed by atoms with Crippen molar-refractivity contribution in [2.45, 2.75) is 4.90 Å². The Labute approximate surface area is 179 Å². The van der Waals surface area contributed by atoms with E-state index in [1.165, 1.54) is 55.3 Å². The van der Waals surface area contributed by atoms with E-state index in [0.29, 0.717) is 4.47 Å². The van der Waals surface area contributed by atoms with E-state index in [4.69, 9.17) is 16.3 Å². The number of carbonyl (C=O) groups excluding carboxylic acids is 1. The number of amides is 1. The third-order valence-corrected chi connectivity index (χ3v) is 6.10. The first-order valence-electron chi connectivity index (χ1n) is 8.02. The first-order chi connectivity index (χ1) is 13.6. The number of nitrogens with one attached hydrogen (secondary N) is 1. The number of ether oxygens (including phenoxy) is 1. The second kappa shape index (κ2) is 8.13. The van der Waals surface area contributed by atoms with E-state index in [1.54, 1.807) is 6.07 Å². The van der Waals surface area contributed by atoms with Gasteiger partial charge in [-0.15, -0.1) is 0 Å². The number of halogens is 3. The molecule has 0 aliphatic carbocycles. The van der Waals surface area contributed by atoms with Gasteiger partial charge < -0.3 is 9.30 Å². The molecule has 152 valence electrons. The van der Waals surface area contributed by atoms with Crippen molar-refractivity contribution < 1.29 is 22.3 Å². The number of benzene rings is 2. The maximum atomic E-state index is 14.2. The summed E-state index contributed by atoms with van der Waals surface area (Å²) in [6.07, 6.45) is 1.28. The van der Waals surface area contributed by atoms with Crippen LogP contribution in [-0.2, 0) is 17.1 Å². The number of aromatic nitrogens is 2. The molecule has 3 rings (SSSR count). The quantitative estimate of drug-likeness (QED) is 0.574. The maximum Gasteiger partial charge on any atom is 0.285 e. The first-order valence-corrected chi connectivity index (χ1v) is 10.7. The molecule has 1 amide bonds. The number of aryl methyl sites for hydroxylation is 1. The van der Waals surface area contributed by atoms with Crippen molar-refractivity contribution in [3.8, 4) is 17.1 Å². The Balaban J connectivity index is 1.96. The number of carbonyl (C=O) groups is 1. The lowest BCUT2D eigenvalue weighted by molar-refractivity contribution is 0.0977. The number of rotatable bonds is 5. The fourth-order valence-electron chi connectivity index (χ4n) is 2.61. The van der Waals surface area contributed by atoms with Crippen molar-refractivity contribution in [3.05, 3.63) is 63.6 Å². The molecule has 1 N–H and O–H groups in total. The fourth-order valence-corrected chi connectivity index (χ4v) is 4.53. The lowest BCUT2D eigenvalue weighted by atomic mass is 10.2. The Hall–Kier alpha value is -2.43. The van der Waals surface area contributed by atoms with Crippen LogP contribution in [0.15, 0.2) is 52.0 Å². The molecule has 1 aromatic heterocycles. The average molecular weight is 503 g/mol. The van der Waals surface area contributed by atoms with Gasteiger partial charge in [0.05, 0.1) is 17.7 Å². The Morgan fingerprint density at radius 1 is 1.31 bits per heavy atom. The van der Waals surface area contributed by atoms with Gasteiger partial charge in [0.15, 0.2) is 0 Å². The predicted octanol–water partition coefficient (Wildman–Crippen LogP) is 3.77. The Morgan fingerprint density at radius 3 is 2.69 bits per heavy atom. The summed E-state index contributed by atoms with van der Waals surface area (Å²) in [5.74, 6) is -1.46. The Kier molecular flexibility index (Phi) is 5.97. The van der Waals surface area contributed by atoms with E-state index in [2.05, 4.69) is 20.9 Å². The molecular formula is C18H14BrClFN3O4S. The van der Waals surface area contributed by atoms with E-state index < -0.39 is 21.7 Å². The third kappa shape index (κ3) is 4.29. The molecule has 0 radical (unpaired) electrons. The van der Waals surface area contributed by atoms with Crippen LogP contribution in [-0.4, -0.2) is 31.0 Å². The van der Waals surface area contributed by atoms with E-state index in [9.17, 15) is 17.6 Å². The third-order valence-electron chi connectivity index (χ3n) is 3.94. The summed E-state index contributed by atoms with van der Waals surface area (Å²) in [4.78, 5) is 16.4. The van der Waals surface area contributed by atoms with Gasteiger partial charge in [-0.25, -0.2) is 22.5 Å². The van der Waals surface area contributed by atoms with Crippen LogP contribution in [0.4, 0.5) is 4.39 Å². The Morgan fingerprint density at radius 2 is 2.03 bits per heavy atom. The van der Waals surface area contributed by atoms with Crippen LogP contribution >= 0.6 is 27.5 Å². The Bertz CT molecular complexity index is 1190. The molecule has 0 bridgehead atoms. The fraction of sp³-hybridized carbons (Fsp3) is 0.111. The molecule has 0 aliphatic heterocycles. The molecule has 3 aromatic rings. The molecule has 1 heterocycles. The topological polar surface area (TPSA) is 90.3 Å². The zero-order valence-electron chi connectivity index (χ0n) is 15.1. The minimum Gasteiger partial charge on any atom is -0.495 e. The molecule has 11 heteroatoms. The van der Waals surface area contributed by atoms with Gasteiger partial charge in [0.1, 0.15) is 28.0 Å². The van der Waals surface area contributed by atoms with E-state index >= 15 is 0 Å². The number of nitrogens with zero attached hydrogens (tertiary/aromatic N) is 2. The zero-order valence-corrected chi connectivity index (χ0v) is 18.3. The minimum absolute atomic E-state index is 0.00670. The molecule has 7 nitrogen and oxygen atoms in total. The molecule has 0 unspecified atom stereocenters.